The molecule has 0 aromatic heterocycles. The number of nitrogens with zero attached hydrogens (tertiary/aromatic N) is 2. The van der Waals surface area contributed by atoms with E-state index in [9.17, 15) is 18.0 Å². The lowest BCUT2D eigenvalue weighted by molar-refractivity contribution is -0.140. The standard InChI is InChI=1S/C29H34ClN3O5S/c1-4-17-31-29(35)27(5-2)32(20-22-11-9-14-25(18-22)38-3)28(34)21-33(24-13-10-12-23(30)19-24)39(36,37)26-15-7-6-8-16-26/h6-16,18-19,27H,4-5,17,20-21H2,1-3H3,(H,31,35)/t27-/m0/s1. The zero-order valence-corrected chi connectivity index (χ0v) is 23.9. The van der Waals surface area contributed by atoms with Gasteiger partial charge in [0.05, 0.1) is 17.7 Å². The Hall–Kier alpha value is -3.56. The number of rotatable bonds is 13. The molecule has 3 aromatic carbocycles. The number of nitrogens with one attached hydrogen (secondary N) is 1. The van der Waals surface area contributed by atoms with Crippen LogP contribution in [0.3, 0.4) is 0 Å². The lowest BCUT2D eigenvalue weighted by atomic mass is 10.1. The molecular weight excluding hydrogens is 538 g/mol. The Balaban J connectivity index is 2.05. The summed E-state index contributed by atoms with van der Waals surface area (Å²) in [7, 11) is -2.60. The summed E-state index contributed by atoms with van der Waals surface area (Å²) in [6.07, 6.45) is 1.08. The first-order chi connectivity index (χ1) is 18.7. The molecule has 10 heteroatoms. The van der Waals surface area contributed by atoms with Crippen LogP contribution in [-0.2, 0) is 26.2 Å². The summed E-state index contributed by atoms with van der Waals surface area (Å²) >= 11 is 6.20. The number of methoxy groups -OCH3 is 1. The minimum atomic E-state index is -4.14. The number of hydrogen-bond acceptors (Lipinski definition) is 5. The van der Waals surface area contributed by atoms with E-state index < -0.39 is 28.5 Å². The Morgan fingerprint density at radius 1 is 0.974 bits per heavy atom. The Labute approximate surface area is 235 Å². The maximum Gasteiger partial charge on any atom is 0.264 e. The van der Waals surface area contributed by atoms with Gasteiger partial charge in [-0.15, -0.1) is 0 Å². The van der Waals surface area contributed by atoms with Gasteiger partial charge in [0.2, 0.25) is 11.8 Å². The van der Waals surface area contributed by atoms with E-state index in [0.717, 1.165) is 16.3 Å². The van der Waals surface area contributed by atoms with Gasteiger partial charge in [-0.3, -0.25) is 13.9 Å². The van der Waals surface area contributed by atoms with E-state index in [2.05, 4.69) is 5.32 Å². The van der Waals surface area contributed by atoms with Gasteiger partial charge >= 0.3 is 0 Å². The van der Waals surface area contributed by atoms with E-state index in [1.54, 1.807) is 61.7 Å². The fourth-order valence-corrected chi connectivity index (χ4v) is 5.74. The Morgan fingerprint density at radius 2 is 1.69 bits per heavy atom. The van der Waals surface area contributed by atoms with Crippen molar-refractivity contribution in [3.05, 3.63) is 89.4 Å². The molecule has 0 aliphatic heterocycles. The van der Waals surface area contributed by atoms with E-state index in [4.69, 9.17) is 16.3 Å². The third-order valence-electron chi connectivity index (χ3n) is 6.13. The minimum absolute atomic E-state index is 0.0323. The summed E-state index contributed by atoms with van der Waals surface area (Å²) in [4.78, 5) is 28.6. The third kappa shape index (κ3) is 7.74. The van der Waals surface area contributed by atoms with Crippen molar-refractivity contribution < 1.29 is 22.7 Å². The molecule has 0 radical (unpaired) electrons. The van der Waals surface area contributed by atoms with Crippen LogP contribution in [0.2, 0.25) is 5.02 Å². The van der Waals surface area contributed by atoms with Gasteiger partial charge in [0.25, 0.3) is 10.0 Å². The number of benzene rings is 3. The molecular formula is C29H34ClN3O5S. The molecule has 3 rings (SSSR count). The van der Waals surface area contributed by atoms with Gasteiger partial charge < -0.3 is 15.0 Å². The van der Waals surface area contributed by atoms with E-state index in [1.165, 1.54) is 23.1 Å². The molecule has 208 valence electrons. The average Bonchev–Trinajstić information content (AvgIpc) is 2.95. The molecule has 3 aromatic rings. The van der Waals surface area contributed by atoms with Gasteiger partial charge in [-0.25, -0.2) is 8.42 Å². The maximum absolute atomic E-state index is 14.0. The van der Waals surface area contributed by atoms with Crippen LogP contribution >= 0.6 is 11.6 Å². The molecule has 2 amide bonds. The molecule has 39 heavy (non-hydrogen) atoms. The monoisotopic (exact) mass is 571 g/mol. The van der Waals surface area contributed by atoms with Crippen LogP contribution in [0.15, 0.2) is 83.8 Å². The van der Waals surface area contributed by atoms with Gasteiger partial charge in [0, 0.05) is 18.1 Å². The first-order valence-corrected chi connectivity index (χ1v) is 14.6. The van der Waals surface area contributed by atoms with Crippen molar-refractivity contribution in [2.45, 2.75) is 44.2 Å². The van der Waals surface area contributed by atoms with Gasteiger partial charge in [-0.05, 0) is 60.9 Å². The molecule has 1 atom stereocenters. The summed E-state index contributed by atoms with van der Waals surface area (Å²) in [5.41, 5.74) is 0.981. The molecule has 0 aliphatic carbocycles. The van der Waals surface area contributed by atoms with E-state index in [-0.39, 0.29) is 23.0 Å². The quantitative estimate of drug-likeness (QED) is 0.315. The van der Waals surface area contributed by atoms with Gasteiger partial charge in [-0.1, -0.05) is 61.8 Å². The van der Waals surface area contributed by atoms with Crippen molar-refractivity contribution in [1.29, 1.82) is 0 Å². The highest BCUT2D eigenvalue weighted by atomic mass is 35.5. The molecule has 0 aliphatic rings. The van der Waals surface area contributed by atoms with Crippen molar-refractivity contribution in [3.63, 3.8) is 0 Å². The molecule has 0 unspecified atom stereocenters. The second kappa shape index (κ2) is 14.0. The second-order valence-electron chi connectivity index (χ2n) is 8.89. The number of carbonyl (C=O) groups excluding carboxylic acids is 2. The summed E-state index contributed by atoms with van der Waals surface area (Å²) in [6.45, 7) is 3.78. The molecule has 8 nitrogen and oxygen atoms in total. The fourth-order valence-electron chi connectivity index (χ4n) is 4.13. The topological polar surface area (TPSA) is 96.0 Å². The van der Waals surface area contributed by atoms with E-state index in [0.29, 0.717) is 23.7 Å². The van der Waals surface area contributed by atoms with Gasteiger partial charge in [0.15, 0.2) is 0 Å². The highest BCUT2D eigenvalue weighted by molar-refractivity contribution is 7.92. The molecule has 0 saturated heterocycles. The molecule has 0 heterocycles. The molecule has 0 fully saturated rings. The normalized spacial score (nSPS) is 11.9. The Bertz CT molecular complexity index is 1370. The largest absolute Gasteiger partial charge is 0.497 e. The number of halogens is 1. The number of hydrogen-bond donors (Lipinski definition) is 1. The number of anilines is 1. The van der Waals surface area contributed by atoms with Crippen LogP contribution in [0.4, 0.5) is 5.69 Å². The smallest absolute Gasteiger partial charge is 0.264 e. The van der Waals surface area contributed by atoms with Crippen LogP contribution < -0.4 is 14.4 Å². The van der Waals surface area contributed by atoms with Gasteiger partial charge in [0.1, 0.15) is 18.3 Å². The van der Waals surface area contributed by atoms with Crippen LogP contribution in [0, 0.1) is 0 Å². The lowest BCUT2D eigenvalue weighted by Gasteiger charge is -2.33. The Morgan fingerprint density at radius 3 is 2.33 bits per heavy atom. The first-order valence-electron chi connectivity index (χ1n) is 12.7. The number of ether oxygens (including phenoxy) is 1. The van der Waals surface area contributed by atoms with E-state index in [1.807, 2.05) is 19.9 Å². The summed E-state index contributed by atoms with van der Waals surface area (Å²) in [5.74, 6) is -0.220. The van der Waals surface area contributed by atoms with Crippen molar-refractivity contribution in [3.8, 4) is 5.75 Å². The highest BCUT2D eigenvalue weighted by Crippen LogP contribution is 2.27. The van der Waals surface area contributed by atoms with Crippen LogP contribution in [-0.4, -0.2) is 51.4 Å². The summed E-state index contributed by atoms with van der Waals surface area (Å²) in [5, 5.41) is 3.19. The van der Waals surface area contributed by atoms with Crippen LogP contribution in [0.5, 0.6) is 5.75 Å². The fraction of sp³-hybridized carbons (Fsp3) is 0.310. The maximum atomic E-state index is 14.0. The zero-order chi connectivity index (χ0) is 28.4. The predicted octanol–water partition coefficient (Wildman–Crippen LogP) is 4.88. The van der Waals surface area contributed by atoms with E-state index >= 15 is 0 Å². The highest BCUT2D eigenvalue weighted by Gasteiger charge is 2.33. The molecule has 1 N–H and O–H groups in total. The summed E-state index contributed by atoms with van der Waals surface area (Å²) in [6, 6.07) is 20.6. The average molecular weight is 572 g/mol. The molecule has 0 saturated carbocycles. The summed E-state index contributed by atoms with van der Waals surface area (Å²) < 4.78 is 33.9. The van der Waals surface area contributed by atoms with Crippen molar-refractivity contribution in [2.24, 2.45) is 0 Å². The lowest BCUT2D eigenvalue weighted by Crippen LogP contribution is -2.52. The third-order valence-corrected chi connectivity index (χ3v) is 8.15. The zero-order valence-electron chi connectivity index (χ0n) is 22.3. The van der Waals surface area contributed by atoms with Crippen LogP contribution in [0.1, 0.15) is 32.3 Å². The van der Waals surface area contributed by atoms with Crippen molar-refractivity contribution >= 4 is 39.1 Å². The SMILES string of the molecule is CCCNC(=O)[C@H](CC)N(Cc1cccc(OC)c1)C(=O)CN(c1cccc(Cl)c1)S(=O)(=O)c1ccccc1. The molecule has 0 bridgehead atoms. The predicted molar refractivity (Wildman–Crippen MR) is 153 cm³/mol. The number of sulfonamides is 1. The molecule has 0 spiro atoms. The second-order valence-corrected chi connectivity index (χ2v) is 11.2. The Kier molecular flexibility index (Phi) is 10.8. The number of amides is 2. The van der Waals surface area contributed by atoms with Gasteiger partial charge in [-0.2, -0.15) is 0 Å². The van der Waals surface area contributed by atoms with Crippen LogP contribution in [0.25, 0.3) is 0 Å². The van der Waals surface area contributed by atoms with Crippen molar-refractivity contribution in [2.75, 3.05) is 24.5 Å². The minimum Gasteiger partial charge on any atom is -0.497 e. The number of carbonyl (C=O) groups is 2. The first kappa shape index (κ1) is 30.0. The van der Waals surface area contributed by atoms with Crippen molar-refractivity contribution in [1.82, 2.24) is 10.2 Å².